The molecule has 0 saturated carbocycles. The Morgan fingerprint density at radius 3 is 2.77 bits per heavy atom. The number of fused-ring (bicyclic) bond motifs is 1. The van der Waals surface area contributed by atoms with Crippen molar-refractivity contribution in [1.29, 1.82) is 0 Å². The van der Waals surface area contributed by atoms with Gasteiger partial charge < -0.3 is 10.2 Å². The number of benzene rings is 1. The molecule has 26 heavy (non-hydrogen) atoms. The molecule has 3 rings (SSSR count). The van der Waals surface area contributed by atoms with E-state index in [1.165, 1.54) is 0 Å². The number of hydrazine groups is 1. The van der Waals surface area contributed by atoms with Crippen LogP contribution in [0.5, 0.6) is 0 Å². The summed E-state index contributed by atoms with van der Waals surface area (Å²) >= 11 is 0. The van der Waals surface area contributed by atoms with Crippen LogP contribution in [0.3, 0.4) is 0 Å². The van der Waals surface area contributed by atoms with Gasteiger partial charge in [0.15, 0.2) is 0 Å². The number of nitro benzene ring substituents is 1. The van der Waals surface area contributed by atoms with E-state index >= 15 is 0 Å². The van der Waals surface area contributed by atoms with E-state index in [1.807, 2.05) is 11.1 Å². The molecule has 0 amide bonds. The monoisotopic (exact) mass is 375 g/mol. The van der Waals surface area contributed by atoms with Crippen molar-refractivity contribution in [2.75, 3.05) is 18.8 Å². The van der Waals surface area contributed by atoms with Gasteiger partial charge >= 0.3 is 0 Å². The van der Waals surface area contributed by atoms with Gasteiger partial charge in [0.2, 0.25) is 0 Å². The molecule has 1 aromatic heterocycles. The highest BCUT2D eigenvalue weighted by Crippen LogP contribution is 2.37. The summed E-state index contributed by atoms with van der Waals surface area (Å²) < 4.78 is 7.41. The molecule has 2 heterocycles. The standard InChI is InChI=1S/C17H25N5O3Si/c1-20-10-14(9-18-20)15-8-16-13(7-17(15)22(23)24)11-21(19-16)12-25-5-6-26(2,3)4/h7-10,19H,5-6,11-12H2,1-4H3. The number of nitrogens with one attached hydrogen (secondary N) is 1. The molecular formula is C17H25N5O3Si. The summed E-state index contributed by atoms with van der Waals surface area (Å²) in [6.45, 7) is 8.73. The molecule has 0 atom stereocenters. The van der Waals surface area contributed by atoms with E-state index in [4.69, 9.17) is 4.74 Å². The van der Waals surface area contributed by atoms with Crippen LogP contribution in [0, 0.1) is 10.1 Å². The first kappa shape index (κ1) is 18.6. The maximum Gasteiger partial charge on any atom is 0.277 e. The van der Waals surface area contributed by atoms with Crippen molar-refractivity contribution in [3.8, 4) is 11.1 Å². The Hall–Kier alpha value is -2.23. The molecule has 0 radical (unpaired) electrons. The zero-order valence-electron chi connectivity index (χ0n) is 15.7. The predicted octanol–water partition coefficient (Wildman–Crippen LogP) is 3.45. The molecule has 140 valence electrons. The highest BCUT2D eigenvalue weighted by Gasteiger charge is 2.26. The van der Waals surface area contributed by atoms with Gasteiger partial charge in [-0.05, 0) is 17.7 Å². The predicted molar refractivity (Wildman–Crippen MR) is 103 cm³/mol. The Balaban J connectivity index is 1.73. The van der Waals surface area contributed by atoms with Crippen LogP contribution in [-0.4, -0.2) is 41.1 Å². The quantitative estimate of drug-likeness (QED) is 0.345. The van der Waals surface area contributed by atoms with E-state index in [1.54, 1.807) is 30.2 Å². The first-order valence-corrected chi connectivity index (χ1v) is 12.3. The molecule has 0 aliphatic carbocycles. The summed E-state index contributed by atoms with van der Waals surface area (Å²) in [6.07, 6.45) is 3.42. The second-order valence-corrected chi connectivity index (χ2v) is 13.5. The number of hydrogen-bond acceptors (Lipinski definition) is 6. The van der Waals surface area contributed by atoms with Gasteiger partial charge in [0.25, 0.3) is 5.69 Å². The molecule has 9 heteroatoms. The molecule has 0 spiro atoms. The van der Waals surface area contributed by atoms with Gasteiger partial charge in [0.05, 0.1) is 22.4 Å². The number of anilines is 1. The fourth-order valence-corrected chi connectivity index (χ4v) is 3.61. The molecule has 2 aromatic rings. The highest BCUT2D eigenvalue weighted by molar-refractivity contribution is 6.76. The molecule has 1 aromatic carbocycles. The Bertz CT molecular complexity index is 815. The smallest absolute Gasteiger partial charge is 0.277 e. The zero-order valence-corrected chi connectivity index (χ0v) is 16.7. The Kier molecular flexibility index (Phi) is 5.12. The van der Waals surface area contributed by atoms with Gasteiger partial charge in [-0.25, -0.2) is 0 Å². The number of rotatable bonds is 7. The summed E-state index contributed by atoms with van der Waals surface area (Å²) in [7, 11) is 0.685. The second kappa shape index (κ2) is 7.18. The molecule has 0 fully saturated rings. The lowest BCUT2D eigenvalue weighted by Gasteiger charge is -2.19. The number of nitrogens with zero attached hydrogens (tertiary/aromatic N) is 4. The van der Waals surface area contributed by atoms with E-state index in [9.17, 15) is 10.1 Å². The minimum Gasteiger partial charge on any atom is -0.365 e. The van der Waals surface area contributed by atoms with Crippen LogP contribution in [-0.2, 0) is 18.3 Å². The Morgan fingerprint density at radius 2 is 2.15 bits per heavy atom. The van der Waals surface area contributed by atoms with Crippen molar-refractivity contribution in [2.45, 2.75) is 32.2 Å². The second-order valence-electron chi connectivity index (χ2n) is 7.84. The lowest BCUT2D eigenvalue weighted by molar-refractivity contribution is -0.384. The van der Waals surface area contributed by atoms with Crippen LogP contribution in [0.4, 0.5) is 11.4 Å². The van der Waals surface area contributed by atoms with E-state index in [0.29, 0.717) is 18.8 Å². The average Bonchev–Trinajstić information content (AvgIpc) is 3.14. The summed E-state index contributed by atoms with van der Waals surface area (Å²) in [5.41, 5.74) is 6.46. The van der Waals surface area contributed by atoms with Crippen molar-refractivity contribution in [1.82, 2.24) is 14.8 Å². The fraction of sp³-hybridized carbons (Fsp3) is 0.471. The van der Waals surface area contributed by atoms with Gasteiger partial charge in [-0.2, -0.15) is 10.1 Å². The summed E-state index contributed by atoms with van der Waals surface area (Å²) in [4.78, 5) is 11.2. The molecule has 8 nitrogen and oxygen atoms in total. The fourth-order valence-electron chi connectivity index (χ4n) is 2.86. The van der Waals surface area contributed by atoms with Crippen LogP contribution in [0.1, 0.15) is 5.56 Å². The first-order valence-electron chi connectivity index (χ1n) is 8.62. The zero-order chi connectivity index (χ0) is 18.9. The maximum absolute atomic E-state index is 11.5. The summed E-state index contributed by atoms with van der Waals surface area (Å²) in [5, 5.41) is 17.6. The molecule has 1 aliphatic rings. The lowest BCUT2D eigenvalue weighted by atomic mass is 10.0. The van der Waals surface area contributed by atoms with Gasteiger partial charge in [0.1, 0.15) is 6.73 Å². The van der Waals surface area contributed by atoms with Crippen LogP contribution in [0.25, 0.3) is 11.1 Å². The lowest BCUT2D eigenvalue weighted by Crippen LogP contribution is -2.28. The van der Waals surface area contributed by atoms with Crippen molar-refractivity contribution < 1.29 is 9.66 Å². The number of aromatic nitrogens is 2. The third kappa shape index (κ3) is 4.29. The van der Waals surface area contributed by atoms with Gasteiger partial charge in [0, 0.05) is 46.1 Å². The van der Waals surface area contributed by atoms with Crippen LogP contribution >= 0.6 is 0 Å². The van der Waals surface area contributed by atoms with Crippen molar-refractivity contribution in [2.24, 2.45) is 7.05 Å². The van der Waals surface area contributed by atoms with Gasteiger partial charge in [-0.15, -0.1) is 0 Å². The molecular weight excluding hydrogens is 350 g/mol. The molecule has 0 saturated heterocycles. The highest BCUT2D eigenvalue weighted by atomic mass is 28.3. The summed E-state index contributed by atoms with van der Waals surface area (Å²) in [6, 6.07) is 4.59. The molecule has 0 unspecified atom stereocenters. The van der Waals surface area contributed by atoms with Crippen molar-refractivity contribution in [3.05, 3.63) is 40.2 Å². The van der Waals surface area contributed by atoms with Gasteiger partial charge in [-0.3, -0.25) is 14.8 Å². The number of ether oxygens (including phenoxy) is 1. The Labute approximate surface area is 153 Å². The molecule has 1 N–H and O–H groups in total. The Morgan fingerprint density at radius 1 is 1.38 bits per heavy atom. The first-order chi connectivity index (χ1) is 12.2. The SMILES string of the molecule is Cn1cc(-c2cc3c(cc2[N+](=O)[O-])CN(COCC[Si](C)(C)C)N3)cn1. The molecule has 1 aliphatic heterocycles. The van der Waals surface area contributed by atoms with Gasteiger partial charge in [-0.1, -0.05) is 19.6 Å². The third-order valence-electron chi connectivity index (χ3n) is 4.32. The van der Waals surface area contributed by atoms with Crippen molar-refractivity contribution >= 4 is 19.4 Å². The van der Waals surface area contributed by atoms with E-state index in [2.05, 4.69) is 30.2 Å². The topological polar surface area (TPSA) is 85.5 Å². The van der Waals surface area contributed by atoms with E-state index < -0.39 is 8.07 Å². The van der Waals surface area contributed by atoms with Crippen LogP contribution < -0.4 is 5.43 Å². The summed E-state index contributed by atoms with van der Waals surface area (Å²) in [5.74, 6) is 0. The number of aryl methyl sites for hydroxylation is 1. The average molecular weight is 376 g/mol. The number of nitro groups is 1. The van der Waals surface area contributed by atoms with E-state index in [-0.39, 0.29) is 10.6 Å². The normalized spacial score (nSPS) is 14.3. The number of hydrogen-bond donors (Lipinski definition) is 1. The maximum atomic E-state index is 11.5. The molecule has 0 bridgehead atoms. The van der Waals surface area contributed by atoms with Crippen LogP contribution in [0.15, 0.2) is 24.5 Å². The van der Waals surface area contributed by atoms with Crippen LogP contribution in [0.2, 0.25) is 25.7 Å². The van der Waals surface area contributed by atoms with Crippen molar-refractivity contribution in [3.63, 3.8) is 0 Å². The van der Waals surface area contributed by atoms with E-state index in [0.717, 1.165) is 29.5 Å². The minimum atomic E-state index is -1.11. The largest absolute Gasteiger partial charge is 0.365 e. The minimum absolute atomic E-state index is 0.0973. The third-order valence-corrected chi connectivity index (χ3v) is 6.02.